The van der Waals surface area contributed by atoms with Crippen LogP contribution in [-0.4, -0.2) is 31.5 Å². The predicted molar refractivity (Wildman–Crippen MR) is 80.7 cm³/mol. The van der Waals surface area contributed by atoms with Crippen molar-refractivity contribution in [1.29, 1.82) is 5.26 Å². The number of nitriles is 1. The third kappa shape index (κ3) is 5.21. The van der Waals surface area contributed by atoms with E-state index in [2.05, 4.69) is 10.6 Å². The molecule has 7 nitrogen and oxygen atoms in total. The summed E-state index contributed by atoms with van der Waals surface area (Å²) in [6.07, 6.45) is 1.41. The first kappa shape index (κ1) is 16.1. The summed E-state index contributed by atoms with van der Waals surface area (Å²) in [5.41, 5.74) is 0.522. The van der Waals surface area contributed by atoms with Crippen LogP contribution in [0.4, 0.5) is 0 Å². The Kier molecular flexibility index (Phi) is 5.77. The maximum Gasteiger partial charge on any atom is 0.287 e. The number of benzene rings is 1. The maximum absolute atomic E-state index is 11.6. The molecule has 1 aromatic heterocycles. The Morgan fingerprint density at radius 3 is 2.52 bits per heavy atom. The summed E-state index contributed by atoms with van der Waals surface area (Å²) in [5.74, 6) is 0.0884. The zero-order chi connectivity index (χ0) is 16.5. The first-order valence-corrected chi connectivity index (χ1v) is 6.90. The van der Waals surface area contributed by atoms with Gasteiger partial charge in [-0.1, -0.05) is 0 Å². The van der Waals surface area contributed by atoms with Crippen molar-refractivity contribution in [3.8, 4) is 11.8 Å². The van der Waals surface area contributed by atoms with Crippen LogP contribution in [0.5, 0.6) is 5.75 Å². The SMILES string of the molecule is N#Cc1ccc(OCC(=O)NCCNC(=O)c2ccco2)cc1. The molecule has 0 fully saturated rings. The second-order valence-corrected chi connectivity index (χ2v) is 4.51. The highest BCUT2D eigenvalue weighted by Crippen LogP contribution is 2.11. The smallest absolute Gasteiger partial charge is 0.287 e. The van der Waals surface area contributed by atoms with Crippen LogP contribution in [0.3, 0.4) is 0 Å². The van der Waals surface area contributed by atoms with E-state index in [1.54, 1.807) is 36.4 Å². The molecule has 2 rings (SSSR count). The van der Waals surface area contributed by atoms with Gasteiger partial charge in [-0.15, -0.1) is 0 Å². The van der Waals surface area contributed by atoms with Gasteiger partial charge in [-0.2, -0.15) is 5.26 Å². The zero-order valence-corrected chi connectivity index (χ0v) is 12.2. The molecular formula is C16H15N3O4. The molecule has 2 amide bonds. The van der Waals surface area contributed by atoms with Crippen molar-refractivity contribution in [2.45, 2.75) is 0 Å². The third-order valence-corrected chi connectivity index (χ3v) is 2.83. The first-order chi connectivity index (χ1) is 11.2. The Hall–Kier alpha value is -3.27. The first-order valence-electron chi connectivity index (χ1n) is 6.90. The molecule has 0 saturated carbocycles. The summed E-state index contributed by atoms with van der Waals surface area (Å²) in [4.78, 5) is 23.1. The molecule has 0 unspecified atom stereocenters. The van der Waals surface area contributed by atoms with E-state index in [1.807, 2.05) is 6.07 Å². The lowest BCUT2D eigenvalue weighted by atomic mass is 10.2. The quantitative estimate of drug-likeness (QED) is 0.744. The van der Waals surface area contributed by atoms with Crippen molar-refractivity contribution in [3.05, 3.63) is 54.0 Å². The molecule has 23 heavy (non-hydrogen) atoms. The summed E-state index contributed by atoms with van der Waals surface area (Å²) in [7, 11) is 0. The van der Waals surface area contributed by atoms with Crippen molar-refractivity contribution < 1.29 is 18.7 Å². The number of rotatable bonds is 7. The lowest BCUT2D eigenvalue weighted by Gasteiger charge is -2.08. The zero-order valence-electron chi connectivity index (χ0n) is 12.2. The van der Waals surface area contributed by atoms with E-state index in [1.165, 1.54) is 6.26 Å². The molecule has 0 saturated heterocycles. The molecule has 0 aliphatic carbocycles. The van der Waals surface area contributed by atoms with Crippen LogP contribution < -0.4 is 15.4 Å². The summed E-state index contributed by atoms with van der Waals surface area (Å²) in [6.45, 7) is 0.419. The number of nitrogens with one attached hydrogen (secondary N) is 2. The van der Waals surface area contributed by atoms with Gasteiger partial charge in [0, 0.05) is 13.1 Å². The van der Waals surface area contributed by atoms with E-state index < -0.39 is 0 Å². The Morgan fingerprint density at radius 1 is 1.13 bits per heavy atom. The number of nitrogens with zero attached hydrogens (tertiary/aromatic N) is 1. The molecule has 0 spiro atoms. The van der Waals surface area contributed by atoms with Gasteiger partial charge in [-0.25, -0.2) is 0 Å². The van der Waals surface area contributed by atoms with Crippen LogP contribution in [0, 0.1) is 11.3 Å². The minimum absolute atomic E-state index is 0.141. The van der Waals surface area contributed by atoms with Gasteiger partial charge >= 0.3 is 0 Å². The molecule has 0 radical (unpaired) electrons. The normalized spacial score (nSPS) is 9.70. The molecule has 1 heterocycles. The minimum atomic E-state index is -0.335. The van der Waals surface area contributed by atoms with Gasteiger partial charge in [0.05, 0.1) is 17.9 Å². The van der Waals surface area contributed by atoms with Crippen LogP contribution >= 0.6 is 0 Å². The average Bonchev–Trinajstić information content (AvgIpc) is 3.12. The number of carbonyl (C=O) groups excluding carboxylic acids is 2. The topological polar surface area (TPSA) is 104 Å². The molecule has 2 aromatic rings. The Morgan fingerprint density at radius 2 is 1.87 bits per heavy atom. The van der Waals surface area contributed by atoms with Crippen molar-refractivity contribution in [1.82, 2.24) is 10.6 Å². The lowest BCUT2D eigenvalue weighted by molar-refractivity contribution is -0.123. The Bertz CT molecular complexity index is 687. The van der Waals surface area contributed by atoms with Gasteiger partial charge in [-0.3, -0.25) is 9.59 Å². The van der Waals surface area contributed by atoms with E-state index in [-0.39, 0.29) is 37.3 Å². The van der Waals surface area contributed by atoms with Gasteiger partial charge < -0.3 is 19.8 Å². The predicted octanol–water partition coefficient (Wildman–Crippen LogP) is 1.08. The molecule has 118 valence electrons. The molecule has 1 aromatic carbocycles. The van der Waals surface area contributed by atoms with Crippen LogP contribution in [-0.2, 0) is 4.79 Å². The molecule has 2 N–H and O–H groups in total. The van der Waals surface area contributed by atoms with E-state index in [4.69, 9.17) is 14.4 Å². The van der Waals surface area contributed by atoms with Gasteiger partial charge in [0.2, 0.25) is 0 Å². The summed E-state index contributed by atoms with van der Waals surface area (Å²) >= 11 is 0. The fourth-order valence-electron chi connectivity index (χ4n) is 1.70. The van der Waals surface area contributed by atoms with Gasteiger partial charge in [0.1, 0.15) is 5.75 Å². The monoisotopic (exact) mass is 313 g/mol. The maximum atomic E-state index is 11.6. The van der Waals surface area contributed by atoms with Crippen LogP contribution in [0.25, 0.3) is 0 Å². The van der Waals surface area contributed by atoms with E-state index >= 15 is 0 Å². The number of carbonyl (C=O) groups is 2. The van der Waals surface area contributed by atoms with Gasteiger partial charge in [-0.05, 0) is 36.4 Å². The average molecular weight is 313 g/mol. The number of furan rings is 1. The molecule has 7 heteroatoms. The number of hydrogen-bond acceptors (Lipinski definition) is 5. The van der Waals surface area contributed by atoms with E-state index in [0.717, 1.165) is 0 Å². The Labute approximate surface area is 132 Å². The van der Waals surface area contributed by atoms with Gasteiger partial charge in [0.25, 0.3) is 11.8 Å². The van der Waals surface area contributed by atoms with Crippen molar-refractivity contribution >= 4 is 11.8 Å². The fraction of sp³-hybridized carbons (Fsp3) is 0.188. The Balaban J connectivity index is 1.61. The van der Waals surface area contributed by atoms with Crippen molar-refractivity contribution in [3.63, 3.8) is 0 Å². The lowest BCUT2D eigenvalue weighted by Crippen LogP contribution is -2.36. The highest BCUT2D eigenvalue weighted by Gasteiger charge is 2.07. The molecular weight excluding hydrogens is 298 g/mol. The number of ether oxygens (including phenoxy) is 1. The van der Waals surface area contributed by atoms with Crippen LogP contribution in [0.15, 0.2) is 47.1 Å². The van der Waals surface area contributed by atoms with Crippen molar-refractivity contribution in [2.75, 3.05) is 19.7 Å². The summed E-state index contributed by atoms with van der Waals surface area (Å²) < 4.78 is 10.2. The highest BCUT2D eigenvalue weighted by atomic mass is 16.5. The van der Waals surface area contributed by atoms with E-state index in [9.17, 15) is 9.59 Å². The number of hydrogen-bond donors (Lipinski definition) is 2. The van der Waals surface area contributed by atoms with E-state index in [0.29, 0.717) is 11.3 Å². The second-order valence-electron chi connectivity index (χ2n) is 4.51. The summed E-state index contributed by atoms with van der Waals surface area (Å²) in [5, 5.41) is 13.9. The minimum Gasteiger partial charge on any atom is -0.484 e. The molecule has 0 aliphatic rings. The fourth-order valence-corrected chi connectivity index (χ4v) is 1.70. The standard InChI is InChI=1S/C16H15N3O4/c17-10-12-3-5-13(6-4-12)23-11-15(20)18-7-8-19-16(21)14-2-1-9-22-14/h1-6,9H,7-8,11H2,(H,18,20)(H,19,21). The molecule has 0 aliphatic heterocycles. The number of amides is 2. The molecule has 0 atom stereocenters. The molecule has 0 bridgehead atoms. The van der Waals surface area contributed by atoms with Gasteiger partial charge in [0.15, 0.2) is 12.4 Å². The van der Waals surface area contributed by atoms with Crippen LogP contribution in [0.1, 0.15) is 16.1 Å². The van der Waals surface area contributed by atoms with Crippen LogP contribution in [0.2, 0.25) is 0 Å². The summed E-state index contributed by atoms with van der Waals surface area (Å²) in [6, 6.07) is 11.6. The van der Waals surface area contributed by atoms with Crippen molar-refractivity contribution in [2.24, 2.45) is 0 Å². The highest BCUT2D eigenvalue weighted by molar-refractivity contribution is 5.91. The largest absolute Gasteiger partial charge is 0.484 e. The second kappa shape index (κ2) is 8.24. The third-order valence-electron chi connectivity index (χ3n) is 2.83.